The predicted octanol–water partition coefficient (Wildman–Crippen LogP) is -1.44. The van der Waals surface area contributed by atoms with Crippen molar-refractivity contribution in [2.45, 2.75) is 109 Å². The number of carbonyl (C=O) groups is 8. The van der Waals surface area contributed by atoms with Gasteiger partial charge < -0.3 is 41.5 Å². The van der Waals surface area contributed by atoms with Crippen LogP contribution in [0.15, 0.2) is 30.3 Å². The van der Waals surface area contributed by atoms with Gasteiger partial charge in [-0.05, 0) is 44.6 Å². The molecule has 2 aliphatic rings. The average molecular weight is 776 g/mol. The summed E-state index contributed by atoms with van der Waals surface area (Å²) < 4.78 is 16.7. The predicted molar refractivity (Wildman–Crippen MR) is 197 cm³/mol. The third-order valence-corrected chi connectivity index (χ3v) is 10.4. The van der Waals surface area contributed by atoms with Crippen LogP contribution < -0.4 is 31.9 Å². The normalized spacial score (nSPS) is 27.8. The molecular formula is C36H53N7O10S. The molecule has 54 heavy (non-hydrogen) atoms. The molecule has 298 valence electrons. The first-order valence-electron chi connectivity index (χ1n) is 18.1. The molecule has 0 aromatic heterocycles. The zero-order chi connectivity index (χ0) is 40.1. The Morgan fingerprint density at radius 1 is 0.815 bits per heavy atom. The highest BCUT2D eigenvalue weighted by Crippen LogP contribution is 2.22. The Morgan fingerprint density at radius 3 is 1.96 bits per heavy atom. The lowest BCUT2D eigenvalue weighted by atomic mass is 9.96. The first kappa shape index (κ1) is 43.5. The highest BCUT2D eigenvalue weighted by Gasteiger charge is 2.41. The van der Waals surface area contributed by atoms with Gasteiger partial charge in [0.1, 0.15) is 42.3 Å². The second-order valence-corrected chi connectivity index (χ2v) is 15.3. The summed E-state index contributed by atoms with van der Waals surface area (Å²) >= 11 is 0. The highest BCUT2D eigenvalue weighted by atomic mass is 32.2. The third-order valence-electron chi connectivity index (χ3n) is 9.59. The molecule has 2 saturated heterocycles. The van der Waals surface area contributed by atoms with E-state index in [0.29, 0.717) is 18.4 Å². The van der Waals surface area contributed by atoms with Gasteiger partial charge in [-0.1, -0.05) is 50.6 Å². The number of ether oxygens (including phenoxy) is 1. The standard InChI is InChI=1S/C36H53N7O10S/c1-7-20(2)29-36(51)43-16-11-14-27(43)35(50)41-25(18-23-12-9-8-10-13-23)34(49)40-26(19-28(44)53-5)33(48)38-21(3)30(45)39-24(15-17-54(6)52)32(47)37-22(4)31(46)42-29/h8-10,12-13,20-22,24-27,29H,7,11,14-19H2,1-6H3,(H,37,47)(H,38,48)(H,39,45)(H,40,49)(H,41,50)(H,42,46)/t20-,21-,22-,24-,25-,26-,27-,29-,54?/m0/s1. The highest BCUT2D eigenvalue weighted by molar-refractivity contribution is 7.84. The number of nitrogens with one attached hydrogen (secondary N) is 6. The molecule has 0 aliphatic carbocycles. The van der Waals surface area contributed by atoms with Crippen LogP contribution in [-0.2, 0) is 60.3 Å². The molecule has 0 bridgehead atoms. The summed E-state index contributed by atoms with van der Waals surface area (Å²) in [7, 11) is -0.251. The number of amides is 7. The smallest absolute Gasteiger partial charge is 0.308 e. The van der Waals surface area contributed by atoms with Crippen LogP contribution in [-0.4, -0.2) is 124 Å². The van der Waals surface area contributed by atoms with Gasteiger partial charge >= 0.3 is 5.97 Å². The molecule has 7 amide bonds. The Bertz CT molecular complexity index is 1580. The van der Waals surface area contributed by atoms with Crippen molar-refractivity contribution in [1.82, 2.24) is 36.8 Å². The molecular weight excluding hydrogens is 723 g/mol. The number of rotatable bonds is 9. The summed E-state index contributed by atoms with van der Waals surface area (Å²) in [5, 5.41) is 15.5. The third kappa shape index (κ3) is 12.3. The van der Waals surface area contributed by atoms with Crippen molar-refractivity contribution >= 4 is 58.1 Å². The molecule has 9 atom stereocenters. The van der Waals surface area contributed by atoms with Gasteiger partial charge in [0.25, 0.3) is 0 Å². The second-order valence-electron chi connectivity index (χ2n) is 13.7. The Balaban J connectivity index is 2.07. The number of hydrogen-bond acceptors (Lipinski definition) is 10. The summed E-state index contributed by atoms with van der Waals surface area (Å²) in [6.45, 7) is 6.55. The maximum absolute atomic E-state index is 14.1. The van der Waals surface area contributed by atoms with Crippen molar-refractivity contribution in [2.24, 2.45) is 5.92 Å². The van der Waals surface area contributed by atoms with Crippen LogP contribution >= 0.6 is 0 Å². The topological polar surface area (TPSA) is 238 Å². The van der Waals surface area contributed by atoms with Crippen molar-refractivity contribution < 1.29 is 47.3 Å². The van der Waals surface area contributed by atoms with Crippen LogP contribution in [0.3, 0.4) is 0 Å². The van der Waals surface area contributed by atoms with Crippen LogP contribution in [0.25, 0.3) is 0 Å². The lowest BCUT2D eigenvalue weighted by Gasteiger charge is -2.32. The summed E-state index contributed by atoms with van der Waals surface area (Å²) in [4.78, 5) is 110. The van der Waals surface area contributed by atoms with Gasteiger partial charge in [0, 0.05) is 35.8 Å². The van der Waals surface area contributed by atoms with Crippen molar-refractivity contribution in [2.75, 3.05) is 25.7 Å². The fraction of sp³-hybridized carbons (Fsp3) is 0.611. The quantitative estimate of drug-likeness (QED) is 0.160. The minimum atomic E-state index is -1.55. The molecule has 6 N–H and O–H groups in total. The molecule has 0 spiro atoms. The van der Waals surface area contributed by atoms with Crippen molar-refractivity contribution in [1.29, 1.82) is 0 Å². The monoisotopic (exact) mass is 775 g/mol. The van der Waals surface area contributed by atoms with Crippen LogP contribution in [0.4, 0.5) is 0 Å². The second kappa shape index (κ2) is 20.5. The Morgan fingerprint density at radius 2 is 1.37 bits per heavy atom. The molecule has 2 fully saturated rings. The van der Waals surface area contributed by atoms with E-state index in [-0.39, 0.29) is 37.5 Å². The van der Waals surface area contributed by atoms with Gasteiger partial charge in [0.2, 0.25) is 41.4 Å². The minimum Gasteiger partial charge on any atom is -0.469 e. The average Bonchev–Trinajstić information content (AvgIpc) is 3.64. The molecule has 0 radical (unpaired) electrons. The molecule has 0 saturated carbocycles. The van der Waals surface area contributed by atoms with Crippen molar-refractivity contribution in [3.63, 3.8) is 0 Å². The minimum absolute atomic E-state index is 0.0150. The SMILES string of the molecule is CC[C@H](C)[C@@H]1NC(=O)[C@H](C)NC(=O)[C@H](CCS(C)=O)NC(=O)[C@H](C)NC(=O)[C@H](CC(=O)OC)NC(=O)[C@H](Cc2ccccc2)NC(=O)[C@@H]2CCCN2C1=O. The number of nitrogens with zero attached hydrogens (tertiary/aromatic N) is 1. The number of hydrogen-bond donors (Lipinski definition) is 6. The molecule has 17 nitrogen and oxygen atoms in total. The number of benzene rings is 1. The Labute approximate surface area is 317 Å². The largest absolute Gasteiger partial charge is 0.469 e. The van der Waals surface area contributed by atoms with Gasteiger partial charge in [-0.3, -0.25) is 42.6 Å². The van der Waals surface area contributed by atoms with Gasteiger partial charge in [-0.2, -0.15) is 0 Å². The van der Waals surface area contributed by atoms with Gasteiger partial charge in [-0.15, -0.1) is 0 Å². The van der Waals surface area contributed by atoms with E-state index >= 15 is 0 Å². The Hall–Kier alpha value is -4.87. The lowest BCUT2D eigenvalue weighted by molar-refractivity contribution is -0.144. The summed E-state index contributed by atoms with van der Waals surface area (Å²) in [5.74, 6) is -6.39. The van der Waals surface area contributed by atoms with Crippen LogP contribution in [0, 0.1) is 5.92 Å². The fourth-order valence-corrected chi connectivity index (χ4v) is 6.68. The molecule has 1 aromatic carbocycles. The van der Waals surface area contributed by atoms with E-state index in [1.807, 2.05) is 6.92 Å². The molecule has 1 aromatic rings. The number of carbonyl (C=O) groups excluding carboxylic acids is 8. The Kier molecular flexibility index (Phi) is 16.6. The van der Waals surface area contributed by atoms with Crippen molar-refractivity contribution in [3.05, 3.63) is 35.9 Å². The zero-order valence-electron chi connectivity index (χ0n) is 31.6. The maximum Gasteiger partial charge on any atom is 0.308 e. The van der Waals surface area contributed by atoms with E-state index < -0.39 is 107 Å². The molecule has 1 unspecified atom stereocenters. The van der Waals surface area contributed by atoms with Crippen LogP contribution in [0.1, 0.15) is 65.4 Å². The zero-order valence-corrected chi connectivity index (χ0v) is 32.4. The lowest BCUT2D eigenvalue weighted by Crippen LogP contribution is -2.60. The van der Waals surface area contributed by atoms with Crippen LogP contribution in [0.2, 0.25) is 0 Å². The van der Waals surface area contributed by atoms with E-state index in [1.165, 1.54) is 25.0 Å². The molecule has 3 rings (SSSR count). The summed E-state index contributed by atoms with van der Waals surface area (Å²) in [5.41, 5.74) is 0.667. The van der Waals surface area contributed by atoms with Gasteiger partial charge in [0.15, 0.2) is 0 Å². The first-order chi connectivity index (χ1) is 25.6. The molecule has 2 heterocycles. The fourth-order valence-electron chi connectivity index (χ4n) is 6.11. The van der Waals surface area contributed by atoms with Crippen molar-refractivity contribution in [3.8, 4) is 0 Å². The molecule has 2 aliphatic heterocycles. The van der Waals surface area contributed by atoms with E-state index in [4.69, 9.17) is 4.74 Å². The van der Waals surface area contributed by atoms with E-state index in [1.54, 1.807) is 37.3 Å². The van der Waals surface area contributed by atoms with Crippen LogP contribution in [0.5, 0.6) is 0 Å². The maximum atomic E-state index is 14.1. The van der Waals surface area contributed by atoms with Gasteiger partial charge in [-0.25, -0.2) is 0 Å². The van der Waals surface area contributed by atoms with E-state index in [2.05, 4.69) is 31.9 Å². The summed E-state index contributed by atoms with van der Waals surface area (Å²) in [6, 6.07) is 0.133. The first-order valence-corrected chi connectivity index (χ1v) is 19.8. The van der Waals surface area contributed by atoms with E-state index in [0.717, 1.165) is 7.11 Å². The van der Waals surface area contributed by atoms with Gasteiger partial charge in [0.05, 0.1) is 13.5 Å². The summed E-state index contributed by atoms with van der Waals surface area (Å²) in [6.07, 6.45) is 1.95. The van der Waals surface area contributed by atoms with E-state index in [9.17, 15) is 42.6 Å². The number of methoxy groups -OCH3 is 1. The molecule has 18 heteroatoms. The number of esters is 1. The number of fused-ring (bicyclic) bond motifs is 1.